The molecule has 2 aliphatic rings. The number of nitrogens with two attached hydrogens (primary N) is 1. The van der Waals surface area contributed by atoms with Crippen LogP contribution in [0.2, 0.25) is 0 Å². The van der Waals surface area contributed by atoms with Crippen molar-refractivity contribution in [1.82, 2.24) is 0 Å². The van der Waals surface area contributed by atoms with Crippen LogP contribution in [-0.2, 0) is 0 Å². The Labute approximate surface area is 63.0 Å². The summed E-state index contributed by atoms with van der Waals surface area (Å²) in [5.74, 6) is 0.819. The van der Waals surface area contributed by atoms with Crippen LogP contribution in [0, 0.1) is 16.7 Å². The van der Waals surface area contributed by atoms with Gasteiger partial charge in [0.2, 0.25) is 0 Å². The highest BCUT2D eigenvalue weighted by atomic mass is 14.9. The minimum Gasteiger partial charge on any atom is -0.327 e. The average molecular weight is 139 g/mol. The number of hydrogen-bond donors (Lipinski definition) is 1. The Balaban J connectivity index is 2.11. The first-order valence-electron chi connectivity index (χ1n) is 4.24. The molecule has 2 atom stereocenters. The van der Waals surface area contributed by atoms with Gasteiger partial charge in [-0.2, -0.15) is 0 Å². The summed E-state index contributed by atoms with van der Waals surface area (Å²) in [6, 6.07) is 0.486. The smallest absolute Gasteiger partial charge is 0.0133 e. The third-order valence-electron chi connectivity index (χ3n) is 3.70. The SMILES string of the molecule is CC1(C2C(N)C2(C)C)CC1. The largest absolute Gasteiger partial charge is 0.327 e. The molecule has 2 fully saturated rings. The standard InChI is InChI=1S/C9H17N/c1-8(2)6(7(8)10)9(3)4-5-9/h6-7H,4-5,10H2,1-3H3. The Morgan fingerprint density at radius 1 is 1.20 bits per heavy atom. The summed E-state index contributed by atoms with van der Waals surface area (Å²) in [5, 5.41) is 0. The minimum atomic E-state index is 0.450. The Morgan fingerprint density at radius 3 is 1.70 bits per heavy atom. The number of rotatable bonds is 1. The normalized spacial score (nSPS) is 46.8. The molecular formula is C9H17N. The lowest BCUT2D eigenvalue weighted by Crippen LogP contribution is -2.08. The lowest BCUT2D eigenvalue weighted by molar-refractivity contribution is 0.403. The summed E-state index contributed by atoms with van der Waals surface area (Å²) in [6.45, 7) is 6.98. The summed E-state index contributed by atoms with van der Waals surface area (Å²) in [7, 11) is 0. The average Bonchev–Trinajstić information content (AvgIpc) is 2.57. The second kappa shape index (κ2) is 1.42. The van der Waals surface area contributed by atoms with Gasteiger partial charge in [-0.1, -0.05) is 20.8 Å². The fraction of sp³-hybridized carbons (Fsp3) is 1.00. The molecule has 2 N–H and O–H groups in total. The van der Waals surface area contributed by atoms with Crippen LogP contribution in [0.4, 0.5) is 0 Å². The maximum atomic E-state index is 5.97. The Kier molecular flexibility index (Phi) is 0.949. The van der Waals surface area contributed by atoms with Crippen molar-refractivity contribution in [2.45, 2.75) is 39.7 Å². The predicted octanol–water partition coefficient (Wildman–Crippen LogP) is 1.77. The van der Waals surface area contributed by atoms with Crippen molar-refractivity contribution in [3.8, 4) is 0 Å². The van der Waals surface area contributed by atoms with E-state index in [0.717, 1.165) is 5.92 Å². The zero-order chi connectivity index (χ0) is 7.57. The highest BCUT2D eigenvalue weighted by molar-refractivity contribution is 5.18. The molecule has 0 radical (unpaired) electrons. The summed E-state index contributed by atoms with van der Waals surface area (Å²) < 4.78 is 0. The lowest BCUT2D eigenvalue weighted by Gasteiger charge is -2.07. The molecule has 0 spiro atoms. The maximum Gasteiger partial charge on any atom is 0.0133 e. The Hall–Kier alpha value is -0.0400. The van der Waals surface area contributed by atoms with E-state index < -0.39 is 0 Å². The summed E-state index contributed by atoms with van der Waals surface area (Å²) in [6.07, 6.45) is 2.82. The van der Waals surface area contributed by atoms with Crippen LogP contribution in [0.25, 0.3) is 0 Å². The molecular weight excluding hydrogens is 122 g/mol. The van der Waals surface area contributed by atoms with Gasteiger partial charge in [0.05, 0.1) is 0 Å². The molecule has 0 bridgehead atoms. The molecule has 2 unspecified atom stereocenters. The molecule has 0 saturated heterocycles. The highest BCUT2D eigenvalue weighted by Crippen LogP contribution is 2.68. The van der Waals surface area contributed by atoms with Gasteiger partial charge in [-0.15, -0.1) is 0 Å². The van der Waals surface area contributed by atoms with Gasteiger partial charge in [0, 0.05) is 6.04 Å². The van der Waals surface area contributed by atoms with Gasteiger partial charge in [-0.05, 0) is 29.6 Å². The molecule has 1 heteroatoms. The van der Waals surface area contributed by atoms with Crippen LogP contribution in [0.15, 0.2) is 0 Å². The van der Waals surface area contributed by atoms with E-state index in [0.29, 0.717) is 16.9 Å². The third-order valence-corrected chi connectivity index (χ3v) is 3.70. The van der Waals surface area contributed by atoms with Gasteiger partial charge in [0.1, 0.15) is 0 Å². The van der Waals surface area contributed by atoms with Crippen molar-refractivity contribution < 1.29 is 0 Å². The van der Waals surface area contributed by atoms with Gasteiger partial charge in [0.15, 0.2) is 0 Å². The fourth-order valence-corrected chi connectivity index (χ4v) is 2.52. The molecule has 1 nitrogen and oxygen atoms in total. The molecule has 0 amide bonds. The molecule has 0 aromatic rings. The topological polar surface area (TPSA) is 26.0 Å². The van der Waals surface area contributed by atoms with Crippen molar-refractivity contribution in [3.05, 3.63) is 0 Å². The first kappa shape index (κ1) is 6.66. The first-order valence-corrected chi connectivity index (χ1v) is 4.24. The van der Waals surface area contributed by atoms with E-state index in [1.807, 2.05) is 0 Å². The molecule has 2 aliphatic carbocycles. The van der Waals surface area contributed by atoms with E-state index in [9.17, 15) is 0 Å². The lowest BCUT2D eigenvalue weighted by atomic mass is 9.97. The van der Waals surface area contributed by atoms with Crippen molar-refractivity contribution in [2.24, 2.45) is 22.5 Å². The monoisotopic (exact) mass is 139 g/mol. The van der Waals surface area contributed by atoms with Crippen molar-refractivity contribution in [2.75, 3.05) is 0 Å². The van der Waals surface area contributed by atoms with Crippen LogP contribution in [0.5, 0.6) is 0 Å². The van der Waals surface area contributed by atoms with Gasteiger partial charge in [-0.25, -0.2) is 0 Å². The zero-order valence-corrected chi connectivity index (χ0v) is 7.15. The summed E-state index contributed by atoms with van der Waals surface area (Å²) in [4.78, 5) is 0. The van der Waals surface area contributed by atoms with E-state index in [4.69, 9.17) is 5.73 Å². The van der Waals surface area contributed by atoms with Gasteiger partial charge >= 0.3 is 0 Å². The molecule has 2 saturated carbocycles. The molecule has 58 valence electrons. The summed E-state index contributed by atoms with van der Waals surface area (Å²) in [5.41, 5.74) is 7.06. The van der Waals surface area contributed by atoms with Gasteiger partial charge in [-0.3, -0.25) is 0 Å². The van der Waals surface area contributed by atoms with E-state index in [-0.39, 0.29) is 0 Å². The molecule has 10 heavy (non-hydrogen) atoms. The zero-order valence-electron chi connectivity index (χ0n) is 7.15. The first-order chi connectivity index (χ1) is 4.48. The van der Waals surface area contributed by atoms with E-state index in [1.165, 1.54) is 12.8 Å². The summed E-state index contributed by atoms with van der Waals surface area (Å²) >= 11 is 0. The van der Waals surface area contributed by atoms with Crippen molar-refractivity contribution in [1.29, 1.82) is 0 Å². The van der Waals surface area contributed by atoms with Crippen molar-refractivity contribution in [3.63, 3.8) is 0 Å². The van der Waals surface area contributed by atoms with Gasteiger partial charge < -0.3 is 5.73 Å². The van der Waals surface area contributed by atoms with E-state index in [2.05, 4.69) is 20.8 Å². The van der Waals surface area contributed by atoms with Crippen LogP contribution < -0.4 is 5.73 Å². The third kappa shape index (κ3) is 0.619. The minimum absolute atomic E-state index is 0.450. The second-order valence-corrected chi connectivity index (χ2v) is 4.98. The quantitative estimate of drug-likeness (QED) is 0.588. The molecule has 0 aromatic carbocycles. The molecule has 0 aliphatic heterocycles. The van der Waals surface area contributed by atoms with Crippen LogP contribution in [0.1, 0.15) is 33.6 Å². The van der Waals surface area contributed by atoms with E-state index >= 15 is 0 Å². The second-order valence-electron chi connectivity index (χ2n) is 4.98. The molecule has 0 heterocycles. The fourth-order valence-electron chi connectivity index (χ4n) is 2.52. The van der Waals surface area contributed by atoms with Crippen LogP contribution in [0.3, 0.4) is 0 Å². The van der Waals surface area contributed by atoms with Crippen LogP contribution >= 0.6 is 0 Å². The predicted molar refractivity (Wildman–Crippen MR) is 42.6 cm³/mol. The van der Waals surface area contributed by atoms with Crippen LogP contribution in [-0.4, -0.2) is 6.04 Å². The maximum absolute atomic E-state index is 5.97. The number of hydrogen-bond acceptors (Lipinski definition) is 1. The Morgan fingerprint density at radius 2 is 1.60 bits per heavy atom. The molecule has 0 aromatic heterocycles. The van der Waals surface area contributed by atoms with Gasteiger partial charge in [0.25, 0.3) is 0 Å². The highest BCUT2D eigenvalue weighted by Gasteiger charge is 2.66. The van der Waals surface area contributed by atoms with E-state index in [1.54, 1.807) is 0 Å². The molecule has 2 rings (SSSR count). The Bertz CT molecular complexity index is 163. The van der Waals surface area contributed by atoms with Crippen molar-refractivity contribution >= 4 is 0 Å².